The van der Waals surface area contributed by atoms with E-state index in [1.54, 1.807) is 6.08 Å². The van der Waals surface area contributed by atoms with Crippen molar-refractivity contribution in [1.82, 2.24) is 0 Å². The minimum Gasteiger partial charge on any atom is -0.385 e. The van der Waals surface area contributed by atoms with Crippen LogP contribution in [0.4, 0.5) is 0 Å². The third kappa shape index (κ3) is 21.1. The molecule has 16 heteroatoms. The fourth-order valence-corrected chi connectivity index (χ4v) is 12.5. The van der Waals surface area contributed by atoms with Crippen LogP contribution < -0.4 is 0 Å². The molecule has 3 heterocycles. The summed E-state index contributed by atoms with van der Waals surface area (Å²) in [5.41, 5.74) is 8.27. The molecule has 0 amide bonds. The maximum absolute atomic E-state index is 13.4. The lowest BCUT2D eigenvalue weighted by atomic mass is 9.95. The summed E-state index contributed by atoms with van der Waals surface area (Å²) in [6.45, 7) is 5.84. The van der Waals surface area contributed by atoms with Crippen LogP contribution in [-0.2, 0) is 131 Å². The van der Waals surface area contributed by atoms with Crippen LogP contribution in [0.15, 0.2) is 286 Å². The molecule has 522 valence electrons. The topological polar surface area (TPSA) is 159 Å². The van der Waals surface area contributed by atoms with Gasteiger partial charge < -0.3 is 76.2 Å². The van der Waals surface area contributed by atoms with Gasteiger partial charge in [0.25, 0.3) is 0 Å². The second kappa shape index (κ2) is 38.8. The molecule has 1 N–H and O–H groups in total. The van der Waals surface area contributed by atoms with Crippen molar-refractivity contribution in [1.29, 1.82) is 0 Å². The third-order valence-corrected chi connectivity index (χ3v) is 17.7. The number of rotatable bonds is 37. The highest BCUT2D eigenvalue weighted by molar-refractivity contribution is 5.21. The van der Waals surface area contributed by atoms with Crippen molar-refractivity contribution in [3.05, 3.63) is 336 Å². The second-order valence-corrected chi connectivity index (χ2v) is 25.0. The molecule has 0 radical (unpaired) electrons. The molecule has 15 atom stereocenters. The Morgan fingerprint density at radius 2 is 0.490 bits per heavy atom. The van der Waals surface area contributed by atoms with Crippen molar-refractivity contribution >= 4 is 0 Å². The fourth-order valence-electron chi connectivity index (χ4n) is 12.5. The van der Waals surface area contributed by atoms with Crippen molar-refractivity contribution in [3.8, 4) is 0 Å². The molecule has 0 unspecified atom stereocenters. The van der Waals surface area contributed by atoms with Gasteiger partial charge in [0, 0.05) is 0 Å². The monoisotopic (exact) mass is 1350 g/mol. The van der Waals surface area contributed by atoms with Gasteiger partial charge in [0.05, 0.1) is 85.9 Å². The molecule has 3 fully saturated rings. The summed E-state index contributed by atoms with van der Waals surface area (Å²) < 4.78 is 106. The maximum atomic E-state index is 13.4. The Kier molecular flexibility index (Phi) is 27.9. The summed E-state index contributed by atoms with van der Waals surface area (Å²) in [7, 11) is 0. The minimum absolute atomic E-state index is 0.000472. The predicted molar refractivity (Wildman–Crippen MR) is 376 cm³/mol. The Morgan fingerprint density at radius 1 is 0.260 bits per heavy atom. The Bertz CT molecular complexity index is 3690. The van der Waals surface area contributed by atoms with E-state index in [2.05, 4.69) is 6.58 Å². The van der Waals surface area contributed by atoms with Gasteiger partial charge >= 0.3 is 0 Å². The van der Waals surface area contributed by atoms with Gasteiger partial charge in [-0.05, 0) is 50.1 Å². The number of aliphatic hydroxyl groups excluding tert-OH is 1. The first-order valence-electron chi connectivity index (χ1n) is 34.4. The smallest absolute Gasteiger partial charge is 0.187 e. The van der Waals surface area contributed by atoms with Gasteiger partial charge in [0.1, 0.15) is 73.2 Å². The molecule has 0 aromatic heterocycles. The van der Waals surface area contributed by atoms with Gasteiger partial charge in [-0.3, -0.25) is 0 Å². The van der Waals surface area contributed by atoms with E-state index in [9.17, 15) is 5.11 Å². The molecule has 3 saturated heterocycles. The highest BCUT2D eigenvalue weighted by atomic mass is 16.8. The molecular weight excluding hydrogens is 1260 g/mol. The van der Waals surface area contributed by atoms with Gasteiger partial charge in [-0.25, -0.2) is 0 Å². The molecule has 9 aromatic carbocycles. The Morgan fingerprint density at radius 3 is 0.790 bits per heavy atom. The first-order valence-corrected chi connectivity index (χ1v) is 34.4. The predicted octanol–water partition coefficient (Wildman–Crippen LogP) is 13.7. The summed E-state index contributed by atoms with van der Waals surface area (Å²) in [6.07, 6.45) is -15.0. The Labute approximate surface area is 587 Å². The molecule has 0 aliphatic carbocycles. The van der Waals surface area contributed by atoms with Gasteiger partial charge in [-0.2, -0.15) is 0 Å². The molecule has 0 bridgehead atoms. The summed E-state index contributed by atoms with van der Waals surface area (Å²) in [6, 6.07) is 89.0. The fraction of sp³-hybridized carbons (Fsp3) is 0.333. The minimum atomic E-state index is -1.53. The van der Waals surface area contributed by atoms with E-state index in [4.69, 9.17) is 71.1 Å². The van der Waals surface area contributed by atoms with E-state index < -0.39 is 92.1 Å². The number of ether oxygens (including phenoxy) is 15. The van der Waals surface area contributed by atoms with Crippen LogP contribution in [0.1, 0.15) is 50.1 Å². The zero-order valence-corrected chi connectivity index (χ0v) is 56.2. The molecule has 3 aliphatic heterocycles. The van der Waals surface area contributed by atoms with Crippen LogP contribution in [-0.4, -0.2) is 124 Å². The van der Waals surface area contributed by atoms with E-state index in [-0.39, 0.29) is 79.3 Å². The normalized spacial score (nSPS) is 25.3. The second-order valence-electron chi connectivity index (χ2n) is 25.0. The van der Waals surface area contributed by atoms with E-state index >= 15 is 0 Å². The van der Waals surface area contributed by atoms with Crippen molar-refractivity contribution in [2.75, 3.05) is 26.4 Å². The molecule has 12 rings (SSSR count). The number of hydrogen-bond donors (Lipinski definition) is 1. The van der Waals surface area contributed by atoms with Crippen LogP contribution in [0.5, 0.6) is 0 Å². The summed E-state index contributed by atoms with van der Waals surface area (Å²) in [5.74, 6) is 0. The van der Waals surface area contributed by atoms with Crippen LogP contribution in [0, 0.1) is 0 Å². The van der Waals surface area contributed by atoms with Crippen molar-refractivity contribution in [2.24, 2.45) is 0 Å². The first-order chi connectivity index (χ1) is 49.5. The highest BCUT2D eigenvalue weighted by Gasteiger charge is 2.57. The van der Waals surface area contributed by atoms with E-state index in [1.165, 1.54) is 0 Å². The van der Waals surface area contributed by atoms with Gasteiger partial charge in [0.15, 0.2) is 18.9 Å². The highest BCUT2D eigenvalue weighted by Crippen LogP contribution is 2.39. The molecule has 3 aliphatic rings. The molecule has 9 aromatic rings. The van der Waals surface area contributed by atoms with Gasteiger partial charge in [0.2, 0.25) is 0 Å². The maximum Gasteiger partial charge on any atom is 0.187 e. The average Bonchev–Trinajstić information content (AvgIpc) is 0.763. The van der Waals surface area contributed by atoms with Crippen molar-refractivity contribution in [3.63, 3.8) is 0 Å². The van der Waals surface area contributed by atoms with Crippen molar-refractivity contribution in [2.45, 2.75) is 152 Å². The standard InChI is InChI=1S/C84H90O16/c1-2-48-89-83-80(78(94-56-68-44-26-10-27-45-68)75(91-53-65-38-20-7-21-39-65)71(97-83)59-87-50-62-32-14-4-15-33-62)100-84-81(79(95-57-69-46-28-11-29-47-69)76(92-54-66-40-22-8-23-41-66)72(98-84)60-88-51-63-34-16-5-17-35-63)99-82-73(85)77(93-55-67-42-24-9-25-43-67)74(90-52-64-36-18-6-19-37-64)70(96-82)58-86-49-61-30-12-3-13-31-61/h2-47,70-85H,1,48-60H2/t70-,71-,72-,73+,74-,75-,76-,77-,78+,79+,80+,81+,82+,83-,84+/m1/s1. The van der Waals surface area contributed by atoms with Gasteiger partial charge in [-0.1, -0.05) is 279 Å². The lowest BCUT2D eigenvalue weighted by molar-refractivity contribution is -0.404. The lowest BCUT2D eigenvalue weighted by Gasteiger charge is -2.51. The first kappa shape index (κ1) is 71.9. The van der Waals surface area contributed by atoms with Crippen LogP contribution in [0.2, 0.25) is 0 Å². The molecule has 0 spiro atoms. The van der Waals surface area contributed by atoms with Crippen molar-refractivity contribution < 1.29 is 76.2 Å². The summed E-state index contributed by atoms with van der Waals surface area (Å²) in [4.78, 5) is 0. The molecule has 16 nitrogen and oxygen atoms in total. The molecule has 0 saturated carbocycles. The zero-order chi connectivity index (χ0) is 68.2. The van der Waals surface area contributed by atoms with E-state index in [1.807, 2.05) is 273 Å². The van der Waals surface area contributed by atoms with Crippen LogP contribution in [0.25, 0.3) is 0 Å². The number of hydrogen-bond acceptors (Lipinski definition) is 16. The third-order valence-electron chi connectivity index (χ3n) is 17.7. The molecular formula is C84H90O16. The van der Waals surface area contributed by atoms with E-state index in [0.29, 0.717) is 6.61 Å². The zero-order valence-electron chi connectivity index (χ0n) is 56.2. The summed E-state index contributed by atoms with van der Waals surface area (Å²) >= 11 is 0. The largest absolute Gasteiger partial charge is 0.385 e. The van der Waals surface area contributed by atoms with Crippen LogP contribution in [0.3, 0.4) is 0 Å². The Balaban J connectivity index is 0.972. The number of aliphatic hydroxyl groups is 1. The molecule has 100 heavy (non-hydrogen) atoms. The van der Waals surface area contributed by atoms with E-state index in [0.717, 1.165) is 50.1 Å². The van der Waals surface area contributed by atoms with Gasteiger partial charge in [-0.15, -0.1) is 6.58 Å². The Hall–Kier alpha value is -7.92. The lowest BCUT2D eigenvalue weighted by Crippen LogP contribution is -2.68. The number of benzene rings is 9. The SMILES string of the molecule is C=CCO[C@@H]1O[C@H](COCc2ccccc2)[C@@H](OCc2ccccc2)[C@H](OCc2ccccc2)[C@@H]1O[C@@H]1O[C@H](COCc2ccccc2)[C@@H](OCc2ccccc2)[C@H](OCc2ccccc2)[C@@H]1O[C@@H]1O[C@H](COCc2ccccc2)[C@@H](OCc2ccccc2)[C@H](OCc2ccccc2)[C@@H]1O. The average molecular weight is 1360 g/mol. The van der Waals surface area contributed by atoms with Crippen LogP contribution >= 0.6 is 0 Å². The quantitative estimate of drug-likeness (QED) is 0.0366. The summed E-state index contributed by atoms with van der Waals surface area (Å²) in [5, 5.41) is 13.4.